The van der Waals surface area contributed by atoms with E-state index in [2.05, 4.69) is 5.32 Å². The van der Waals surface area contributed by atoms with Crippen molar-refractivity contribution >= 4 is 23.8 Å². The van der Waals surface area contributed by atoms with Gasteiger partial charge in [-0.2, -0.15) is 11.8 Å². The third-order valence-corrected chi connectivity index (χ3v) is 4.62. The van der Waals surface area contributed by atoms with Gasteiger partial charge >= 0.3 is 12.1 Å². The minimum absolute atomic E-state index is 0.0919. The lowest BCUT2D eigenvalue weighted by Gasteiger charge is -2.14. The molecule has 138 valence electrons. The molecule has 0 radical (unpaired) electrons. The highest BCUT2D eigenvalue weighted by molar-refractivity contribution is 7.98. The smallest absolute Gasteiger partial charge is 0.408 e. The molecule has 0 saturated heterocycles. The van der Waals surface area contributed by atoms with Gasteiger partial charge in [0.25, 0.3) is 0 Å². The number of carbonyl (C=O) groups excluding carboxylic acids is 1. The van der Waals surface area contributed by atoms with E-state index in [9.17, 15) is 19.8 Å². The SMILES string of the molecule is O=C(NC(CCSCc1ccc(O)cc1)C(=O)O)OCc1ccccc1. The van der Waals surface area contributed by atoms with Crippen molar-refractivity contribution < 1.29 is 24.5 Å². The van der Waals surface area contributed by atoms with Crippen LogP contribution in [-0.2, 0) is 21.9 Å². The molecule has 26 heavy (non-hydrogen) atoms. The van der Waals surface area contributed by atoms with Gasteiger partial charge in [0.2, 0.25) is 0 Å². The number of thioether (sulfide) groups is 1. The van der Waals surface area contributed by atoms with Gasteiger partial charge in [0.15, 0.2) is 0 Å². The summed E-state index contributed by atoms with van der Waals surface area (Å²) in [5, 5.41) is 20.9. The molecule has 0 aromatic heterocycles. The summed E-state index contributed by atoms with van der Waals surface area (Å²) < 4.78 is 5.05. The van der Waals surface area contributed by atoms with Gasteiger partial charge in [0, 0.05) is 5.75 Å². The second kappa shape index (κ2) is 10.4. The Kier molecular flexibility index (Phi) is 7.82. The largest absolute Gasteiger partial charge is 0.508 e. The molecule has 6 nitrogen and oxygen atoms in total. The quantitative estimate of drug-likeness (QED) is 0.582. The van der Waals surface area contributed by atoms with Crippen molar-refractivity contribution in [3.05, 3.63) is 65.7 Å². The molecule has 0 saturated carbocycles. The van der Waals surface area contributed by atoms with Crippen LogP contribution in [0, 0.1) is 0 Å². The number of carbonyl (C=O) groups is 2. The second-order valence-corrected chi connectivity index (χ2v) is 6.71. The number of carboxylic acid groups (broad SMARTS) is 1. The number of phenolic OH excluding ortho intramolecular Hbond substituents is 1. The number of amides is 1. The van der Waals surface area contributed by atoms with Gasteiger partial charge in [-0.25, -0.2) is 9.59 Å². The average Bonchev–Trinajstić information content (AvgIpc) is 2.64. The fourth-order valence-corrected chi connectivity index (χ4v) is 3.12. The number of ether oxygens (including phenoxy) is 1. The summed E-state index contributed by atoms with van der Waals surface area (Å²) in [5.41, 5.74) is 1.87. The van der Waals surface area contributed by atoms with Gasteiger partial charge in [-0.15, -0.1) is 0 Å². The van der Waals surface area contributed by atoms with E-state index in [1.165, 1.54) is 0 Å². The first-order chi connectivity index (χ1) is 12.5. The van der Waals surface area contributed by atoms with Crippen molar-refractivity contribution in [2.45, 2.75) is 24.8 Å². The molecular formula is C19H21NO5S. The molecule has 0 heterocycles. The Morgan fingerprint density at radius 3 is 2.38 bits per heavy atom. The number of benzene rings is 2. The monoisotopic (exact) mass is 375 g/mol. The molecule has 0 fully saturated rings. The first-order valence-electron chi connectivity index (χ1n) is 8.10. The Bertz CT molecular complexity index is 706. The van der Waals surface area contributed by atoms with Crippen molar-refractivity contribution in [3.63, 3.8) is 0 Å². The minimum atomic E-state index is -1.09. The predicted molar refractivity (Wildman–Crippen MR) is 100 cm³/mol. The van der Waals surface area contributed by atoms with E-state index in [1.54, 1.807) is 23.9 Å². The van der Waals surface area contributed by atoms with Crippen LogP contribution in [0.1, 0.15) is 17.5 Å². The molecule has 7 heteroatoms. The highest BCUT2D eigenvalue weighted by atomic mass is 32.2. The van der Waals surface area contributed by atoms with Gasteiger partial charge in [0.1, 0.15) is 18.4 Å². The van der Waals surface area contributed by atoms with Crippen molar-refractivity contribution in [1.82, 2.24) is 5.32 Å². The lowest BCUT2D eigenvalue weighted by molar-refractivity contribution is -0.139. The third kappa shape index (κ3) is 7.06. The van der Waals surface area contributed by atoms with Crippen LogP contribution < -0.4 is 5.32 Å². The van der Waals surface area contributed by atoms with Gasteiger partial charge in [0.05, 0.1) is 0 Å². The number of carboxylic acids is 1. The van der Waals surface area contributed by atoms with Gasteiger partial charge in [-0.3, -0.25) is 0 Å². The molecule has 0 aliphatic heterocycles. The van der Waals surface area contributed by atoms with E-state index in [-0.39, 0.29) is 12.4 Å². The van der Waals surface area contributed by atoms with Crippen LogP contribution in [0.15, 0.2) is 54.6 Å². The summed E-state index contributed by atoms with van der Waals surface area (Å²) in [5.74, 6) is 0.386. The number of nitrogens with one attached hydrogen (secondary N) is 1. The van der Waals surface area contributed by atoms with Crippen LogP contribution in [0.3, 0.4) is 0 Å². The van der Waals surface area contributed by atoms with Gasteiger partial charge < -0.3 is 20.3 Å². The number of hydrogen-bond acceptors (Lipinski definition) is 5. The molecule has 0 aliphatic rings. The first-order valence-corrected chi connectivity index (χ1v) is 9.26. The van der Waals surface area contributed by atoms with Gasteiger partial charge in [-0.05, 0) is 35.4 Å². The Labute approximate surface area is 156 Å². The summed E-state index contributed by atoms with van der Waals surface area (Å²) in [6, 6.07) is 15.0. The normalized spacial score (nSPS) is 11.5. The maximum Gasteiger partial charge on any atom is 0.408 e. The zero-order valence-corrected chi connectivity index (χ0v) is 14.9. The average molecular weight is 375 g/mol. The van der Waals surface area contributed by atoms with Crippen LogP contribution in [-0.4, -0.2) is 34.1 Å². The summed E-state index contributed by atoms with van der Waals surface area (Å²) in [6.45, 7) is 0.0919. The zero-order valence-electron chi connectivity index (χ0n) is 14.1. The van der Waals surface area contributed by atoms with E-state index in [4.69, 9.17) is 4.74 Å². The lowest BCUT2D eigenvalue weighted by Crippen LogP contribution is -2.41. The first kappa shape index (κ1) is 19.7. The minimum Gasteiger partial charge on any atom is -0.508 e. The summed E-state index contributed by atoms with van der Waals surface area (Å²) in [6.07, 6.45) is -0.455. The number of aliphatic carboxylic acids is 1. The second-order valence-electron chi connectivity index (χ2n) is 5.60. The maximum absolute atomic E-state index is 11.8. The van der Waals surface area contributed by atoms with Crippen LogP contribution in [0.25, 0.3) is 0 Å². The summed E-state index contributed by atoms with van der Waals surface area (Å²) in [7, 11) is 0. The Balaban J connectivity index is 1.71. The number of hydrogen-bond donors (Lipinski definition) is 3. The number of aromatic hydroxyl groups is 1. The van der Waals surface area contributed by atoms with Crippen molar-refractivity contribution in [1.29, 1.82) is 0 Å². The Morgan fingerprint density at radius 2 is 1.73 bits per heavy atom. The van der Waals surface area contributed by atoms with Crippen molar-refractivity contribution in [2.24, 2.45) is 0 Å². The fraction of sp³-hybridized carbons (Fsp3) is 0.263. The van der Waals surface area contributed by atoms with Crippen LogP contribution >= 0.6 is 11.8 Å². The molecule has 2 aromatic rings. The van der Waals surface area contributed by atoms with E-state index < -0.39 is 18.1 Å². The van der Waals surface area contributed by atoms with E-state index in [0.29, 0.717) is 17.9 Å². The van der Waals surface area contributed by atoms with E-state index in [1.807, 2.05) is 42.5 Å². The van der Waals surface area contributed by atoms with Crippen molar-refractivity contribution in [2.75, 3.05) is 5.75 Å². The van der Waals surface area contributed by atoms with Crippen LogP contribution in [0.4, 0.5) is 4.79 Å². The maximum atomic E-state index is 11.8. The lowest BCUT2D eigenvalue weighted by atomic mass is 10.2. The standard InChI is InChI=1S/C19H21NO5S/c21-16-8-6-15(7-9-16)13-26-11-10-17(18(22)23)20-19(24)25-12-14-4-2-1-3-5-14/h1-9,17,21H,10-13H2,(H,20,24)(H,22,23). The van der Waals surface area contributed by atoms with Crippen LogP contribution in [0.5, 0.6) is 5.75 Å². The third-order valence-electron chi connectivity index (χ3n) is 3.56. The molecule has 1 unspecified atom stereocenters. The number of rotatable bonds is 9. The molecule has 0 aliphatic carbocycles. The van der Waals surface area contributed by atoms with Gasteiger partial charge in [-0.1, -0.05) is 42.5 Å². The summed E-state index contributed by atoms with van der Waals surface area (Å²) in [4.78, 5) is 23.1. The molecule has 2 rings (SSSR count). The molecule has 0 bridgehead atoms. The molecule has 1 amide bonds. The highest BCUT2D eigenvalue weighted by Gasteiger charge is 2.20. The topological polar surface area (TPSA) is 95.9 Å². The molecule has 1 atom stereocenters. The van der Waals surface area contributed by atoms with Crippen LogP contribution in [0.2, 0.25) is 0 Å². The fourth-order valence-electron chi connectivity index (χ4n) is 2.15. The Hall–Kier alpha value is -2.67. The Morgan fingerprint density at radius 1 is 1.04 bits per heavy atom. The van der Waals surface area contributed by atoms with E-state index >= 15 is 0 Å². The molecule has 3 N–H and O–H groups in total. The number of alkyl carbamates (subject to hydrolysis) is 1. The van der Waals surface area contributed by atoms with Crippen molar-refractivity contribution in [3.8, 4) is 5.75 Å². The molecule has 2 aromatic carbocycles. The van der Waals surface area contributed by atoms with E-state index in [0.717, 1.165) is 11.1 Å². The number of phenols is 1. The molecule has 0 spiro atoms. The predicted octanol–water partition coefficient (Wildman–Crippen LogP) is 3.40. The summed E-state index contributed by atoms with van der Waals surface area (Å²) >= 11 is 1.56. The zero-order chi connectivity index (χ0) is 18.8. The highest BCUT2D eigenvalue weighted by Crippen LogP contribution is 2.17. The molecular weight excluding hydrogens is 354 g/mol.